The lowest BCUT2D eigenvalue weighted by atomic mass is 10.1. The largest absolute Gasteiger partial charge is 0.368 e. The third kappa shape index (κ3) is 2.56. The van der Waals surface area contributed by atoms with Crippen molar-refractivity contribution in [2.24, 2.45) is 0 Å². The number of fused-ring (bicyclic) bond motifs is 1. The van der Waals surface area contributed by atoms with Gasteiger partial charge in [0.05, 0.1) is 0 Å². The van der Waals surface area contributed by atoms with Crippen LogP contribution < -0.4 is 5.32 Å². The summed E-state index contributed by atoms with van der Waals surface area (Å²) in [6.07, 6.45) is 0.969. The molecule has 17 heavy (non-hydrogen) atoms. The first-order valence-electron chi connectivity index (χ1n) is 6.02. The van der Waals surface area contributed by atoms with Gasteiger partial charge in [0, 0.05) is 37.4 Å². The molecule has 4 nitrogen and oxygen atoms in total. The summed E-state index contributed by atoms with van der Waals surface area (Å²) in [6, 6.07) is 0. The molecule has 5 heteroatoms. The molecule has 0 saturated heterocycles. The standard InChI is InChI=1S/C12H19N3OS/c1-4-16-12(2,3)11-14-9-5-6-13-7-8(9)10(17)15-11/h13H,4-7H2,1-3H3,(H,14,15,17). The highest BCUT2D eigenvalue weighted by atomic mass is 32.1. The predicted octanol–water partition coefficient (Wildman–Crippen LogP) is 2.06. The SMILES string of the molecule is CCOC(C)(C)c1nc(=S)c2c([nH]1)CCNC2. The zero-order chi connectivity index (χ0) is 12.5. The second-order valence-electron chi connectivity index (χ2n) is 4.72. The maximum Gasteiger partial charge on any atom is 0.139 e. The van der Waals surface area contributed by atoms with E-state index in [4.69, 9.17) is 17.0 Å². The minimum absolute atomic E-state index is 0.414. The second-order valence-corrected chi connectivity index (χ2v) is 5.10. The Morgan fingerprint density at radius 3 is 2.94 bits per heavy atom. The van der Waals surface area contributed by atoms with Crippen LogP contribution in [0.1, 0.15) is 37.9 Å². The number of hydrogen-bond acceptors (Lipinski definition) is 4. The summed E-state index contributed by atoms with van der Waals surface area (Å²) >= 11 is 5.35. The lowest BCUT2D eigenvalue weighted by Crippen LogP contribution is -2.30. The fourth-order valence-corrected chi connectivity index (χ4v) is 2.37. The molecule has 1 aliphatic heterocycles. The van der Waals surface area contributed by atoms with Gasteiger partial charge in [-0.15, -0.1) is 0 Å². The van der Waals surface area contributed by atoms with Gasteiger partial charge in [-0.3, -0.25) is 0 Å². The lowest BCUT2D eigenvalue weighted by molar-refractivity contribution is -0.0211. The summed E-state index contributed by atoms with van der Waals surface area (Å²) in [5.74, 6) is 0.824. The number of rotatable bonds is 3. The van der Waals surface area contributed by atoms with Gasteiger partial charge in [-0.2, -0.15) is 0 Å². The van der Waals surface area contributed by atoms with E-state index < -0.39 is 5.60 Å². The summed E-state index contributed by atoms with van der Waals surface area (Å²) in [5, 5.41) is 3.31. The molecular formula is C12H19N3OS. The van der Waals surface area contributed by atoms with Crippen molar-refractivity contribution in [1.82, 2.24) is 15.3 Å². The van der Waals surface area contributed by atoms with Crippen LogP contribution in [-0.4, -0.2) is 23.1 Å². The molecule has 0 radical (unpaired) electrons. The van der Waals surface area contributed by atoms with E-state index >= 15 is 0 Å². The molecule has 0 aromatic carbocycles. The van der Waals surface area contributed by atoms with E-state index in [0.29, 0.717) is 11.2 Å². The van der Waals surface area contributed by atoms with Crippen LogP contribution >= 0.6 is 12.2 Å². The van der Waals surface area contributed by atoms with Crippen LogP contribution in [0.4, 0.5) is 0 Å². The van der Waals surface area contributed by atoms with Gasteiger partial charge in [0.2, 0.25) is 0 Å². The molecule has 0 unspecified atom stereocenters. The first kappa shape index (κ1) is 12.7. The number of nitrogens with one attached hydrogen (secondary N) is 2. The van der Waals surface area contributed by atoms with Gasteiger partial charge in [0.15, 0.2) is 0 Å². The summed E-state index contributed by atoms with van der Waals surface area (Å²) in [7, 11) is 0. The van der Waals surface area contributed by atoms with E-state index in [9.17, 15) is 0 Å². The van der Waals surface area contributed by atoms with E-state index in [-0.39, 0.29) is 0 Å². The van der Waals surface area contributed by atoms with Crippen LogP contribution in [0.2, 0.25) is 0 Å². The van der Waals surface area contributed by atoms with Crippen LogP contribution in [0.25, 0.3) is 0 Å². The minimum atomic E-state index is -0.414. The Balaban J connectivity index is 2.44. The maximum atomic E-state index is 5.71. The normalized spacial score (nSPS) is 15.7. The van der Waals surface area contributed by atoms with Gasteiger partial charge in [-0.1, -0.05) is 12.2 Å². The number of aromatic nitrogens is 2. The highest BCUT2D eigenvalue weighted by molar-refractivity contribution is 7.71. The number of aromatic amines is 1. The summed E-state index contributed by atoms with van der Waals surface area (Å²) in [6.45, 7) is 8.46. The van der Waals surface area contributed by atoms with E-state index in [0.717, 1.165) is 30.9 Å². The first-order chi connectivity index (χ1) is 8.04. The quantitative estimate of drug-likeness (QED) is 0.810. The van der Waals surface area contributed by atoms with Gasteiger partial charge < -0.3 is 15.0 Å². The summed E-state index contributed by atoms with van der Waals surface area (Å²) in [4.78, 5) is 7.86. The number of H-pyrrole nitrogens is 1. The Bertz CT molecular complexity index is 467. The van der Waals surface area contributed by atoms with Crippen molar-refractivity contribution < 1.29 is 4.74 Å². The topological polar surface area (TPSA) is 49.9 Å². The van der Waals surface area contributed by atoms with Crippen molar-refractivity contribution in [2.45, 2.75) is 39.3 Å². The van der Waals surface area contributed by atoms with Gasteiger partial charge in [0.25, 0.3) is 0 Å². The Labute approximate surface area is 107 Å². The van der Waals surface area contributed by atoms with Gasteiger partial charge in [0.1, 0.15) is 16.1 Å². The number of ether oxygens (including phenoxy) is 1. The van der Waals surface area contributed by atoms with Crippen LogP contribution in [0.5, 0.6) is 0 Å². The monoisotopic (exact) mass is 253 g/mol. The molecule has 0 amide bonds. The molecule has 0 bridgehead atoms. The summed E-state index contributed by atoms with van der Waals surface area (Å²) in [5.41, 5.74) is 1.91. The lowest BCUT2D eigenvalue weighted by Gasteiger charge is -2.26. The average Bonchev–Trinajstić information content (AvgIpc) is 2.29. The van der Waals surface area contributed by atoms with E-state index in [1.54, 1.807) is 0 Å². The fourth-order valence-electron chi connectivity index (χ4n) is 2.08. The second kappa shape index (κ2) is 4.84. The molecule has 1 aromatic rings. The number of nitrogens with zero attached hydrogens (tertiary/aromatic N) is 1. The Hall–Kier alpha value is -0.780. The van der Waals surface area contributed by atoms with Crippen molar-refractivity contribution in [3.05, 3.63) is 21.7 Å². The molecule has 94 valence electrons. The third-order valence-corrected chi connectivity index (χ3v) is 3.37. The van der Waals surface area contributed by atoms with Crippen molar-refractivity contribution in [1.29, 1.82) is 0 Å². The average molecular weight is 253 g/mol. The molecule has 1 aromatic heterocycles. The molecule has 2 N–H and O–H groups in total. The van der Waals surface area contributed by atoms with Crippen LogP contribution in [0.15, 0.2) is 0 Å². The third-order valence-electron chi connectivity index (χ3n) is 3.03. The smallest absolute Gasteiger partial charge is 0.139 e. The van der Waals surface area contributed by atoms with Crippen molar-refractivity contribution in [3.8, 4) is 0 Å². The molecule has 0 aliphatic carbocycles. The van der Waals surface area contributed by atoms with Crippen molar-refractivity contribution in [2.75, 3.05) is 13.2 Å². The molecule has 0 saturated carbocycles. The Morgan fingerprint density at radius 1 is 1.47 bits per heavy atom. The van der Waals surface area contributed by atoms with Gasteiger partial charge >= 0.3 is 0 Å². The van der Waals surface area contributed by atoms with Crippen LogP contribution in [-0.2, 0) is 23.3 Å². The molecule has 1 aliphatic rings. The highest BCUT2D eigenvalue weighted by Gasteiger charge is 2.25. The van der Waals surface area contributed by atoms with Gasteiger partial charge in [-0.05, 0) is 20.8 Å². The summed E-state index contributed by atoms with van der Waals surface area (Å²) < 4.78 is 6.39. The molecule has 0 atom stereocenters. The zero-order valence-corrected chi connectivity index (χ0v) is 11.4. The molecule has 0 fully saturated rings. The highest BCUT2D eigenvalue weighted by Crippen LogP contribution is 2.23. The first-order valence-corrected chi connectivity index (χ1v) is 6.42. The van der Waals surface area contributed by atoms with Crippen molar-refractivity contribution >= 4 is 12.2 Å². The zero-order valence-electron chi connectivity index (χ0n) is 10.6. The fraction of sp³-hybridized carbons (Fsp3) is 0.667. The minimum Gasteiger partial charge on any atom is -0.368 e. The van der Waals surface area contributed by atoms with Crippen molar-refractivity contribution in [3.63, 3.8) is 0 Å². The predicted molar refractivity (Wildman–Crippen MR) is 69.5 cm³/mol. The van der Waals surface area contributed by atoms with Crippen LogP contribution in [0.3, 0.4) is 0 Å². The van der Waals surface area contributed by atoms with Gasteiger partial charge in [-0.25, -0.2) is 4.98 Å². The molecule has 0 spiro atoms. The van der Waals surface area contributed by atoms with E-state index in [1.807, 2.05) is 20.8 Å². The van der Waals surface area contributed by atoms with E-state index in [1.165, 1.54) is 5.69 Å². The number of hydrogen-bond donors (Lipinski definition) is 2. The molecule has 2 heterocycles. The Kier molecular flexibility index (Phi) is 3.61. The Morgan fingerprint density at radius 2 is 2.24 bits per heavy atom. The molecular weight excluding hydrogens is 234 g/mol. The van der Waals surface area contributed by atoms with Crippen LogP contribution in [0, 0.1) is 4.64 Å². The molecule has 2 rings (SSSR count). The van der Waals surface area contributed by atoms with E-state index in [2.05, 4.69) is 15.3 Å². The maximum absolute atomic E-state index is 5.71.